The number of thiophene rings is 1. The highest BCUT2D eigenvalue weighted by molar-refractivity contribution is 7.71. The number of methoxy groups -OCH3 is 1. The fourth-order valence-electron chi connectivity index (χ4n) is 2.10. The van der Waals surface area contributed by atoms with Crippen molar-refractivity contribution >= 4 is 33.8 Å². The summed E-state index contributed by atoms with van der Waals surface area (Å²) in [5.41, 5.74) is -0.0227. The molecule has 2 heterocycles. The minimum atomic E-state index is -0.0227. The molecule has 0 aliphatic carbocycles. The van der Waals surface area contributed by atoms with Gasteiger partial charge >= 0.3 is 0 Å². The number of ether oxygens (including phenoxy) is 1. The number of aromatic amines is 1. The van der Waals surface area contributed by atoms with E-state index in [2.05, 4.69) is 11.9 Å². The number of hydrogen-bond donors (Lipinski definition) is 1. The number of nitrogens with one attached hydrogen (secondary N) is 1. The van der Waals surface area contributed by atoms with E-state index in [1.807, 2.05) is 11.4 Å². The van der Waals surface area contributed by atoms with Crippen LogP contribution in [0.1, 0.15) is 25.8 Å². The predicted octanol–water partition coefficient (Wildman–Crippen LogP) is 3.11. The monoisotopic (exact) mass is 284 g/mol. The molecule has 0 saturated carbocycles. The van der Waals surface area contributed by atoms with Gasteiger partial charge in [0.1, 0.15) is 4.83 Å². The topological polar surface area (TPSA) is 47.0 Å². The molecule has 98 valence electrons. The lowest BCUT2D eigenvalue weighted by Gasteiger charge is -2.18. The van der Waals surface area contributed by atoms with Crippen LogP contribution in [0, 0.1) is 4.77 Å². The molecule has 0 spiro atoms. The fraction of sp³-hybridized carbons (Fsp3) is 0.500. The normalized spacial score (nSPS) is 13.0. The highest BCUT2D eigenvalue weighted by Crippen LogP contribution is 2.18. The Hall–Kier alpha value is -0.980. The van der Waals surface area contributed by atoms with E-state index in [9.17, 15) is 4.79 Å². The van der Waals surface area contributed by atoms with Crippen molar-refractivity contribution in [1.82, 2.24) is 9.55 Å². The minimum Gasteiger partial charge on any atom is -0.383 e. The van der Waals surface area contributed by atoms with Crippen molar-refractivity contribution in [3.8, 4) is 0 Å². The molecule has 0 fully saturated rings. The van der Waals surface area contributed by atoms with Crippen molar-refractivity contribution in [2.24, 2.45) is 0 Å². The van der Waals surface area contributed by atoms with Crippen LogP contribution in [0.15, 0.2) is 16.2 Å². The van der Waals surface area contributed by atoms with Gasteiger partial charge in [0.05, 0.1) is 18.0 Å². The Morgan fingerprint density at radius 1 is 1.61 bits per heavy atom. The van der Waals surface area contributed by atoms with E-state index in [0.29, 0.717) is 16.8 Å². The smallest absolute Gasteiger partial charge is 0.263 e. The number of hydrogen-bond acceptors (Lipinski definition) is 4. The third-order valence-electron chi connectivity index (χ3n) is 2.90. The molecule has 0 amide bonds. The summed E-state index contributed by atoms with van der Waals surface area (Å²) < 4.78 is 7.32. The summed E-state index contributed by atoms with van der Waals surface area (Å²) in [5, 5.41) is 2.60. The lowest BCUT2D eigenvalue weighted by atomic mass is 10.2. The van der Waals surface area contributed by atoms with E-state index in [0.717, 1.165) is 17.7 Å². The Kier molecular flexibility index (Phi) is 4.31. The zero-order chi connectivity index (χ0) is 13.1. The first-order valence-electron chi connectivity index (χ1n) is 5.90. The quantitative estimate of drug-likeness (QED) is 0.858. The number of H-pyrrole nitrogens is 1. The lowest BCUT2D eigenvalue weighted by Crippen LogP contribution is -2.28. The Morgan fingerprint density at radius 2 is 2.39 bits per heavy atom. The molecule has 1 unspecified atom stereocenters. The predicted molar refractivity (Wildman–Crippen MR) is 77.1 cm³/mol. The summed E-state index contributed by atoms with van der Waals surface area (Å²) in [6, 6.07) is 1.83. The summed E-state index contributed by atoms with van der Waals surface area (Å²) in [4.78, 5) is 16.4. The van der Waals surface area contributed by atoms with Crippen LogP contribution in [-0.2, 0) is 4.74 Å². The average molecular weight is 284 g/mol. The maximum Gasteiger partial charge on any atom is 0.263 e. The molecule has 0 aromatic carbocycles. The Balaban J connectivity index is 2.60. The Bertz CT molecular complexity index is 635. The molecule has 0 saturated heterocycles. The van der Waals surface area contributed by atoms with Gasteiger partial charge in [-0.2, -0.15) is 0 Å². The second-order valence-corrected chi connectivity index (χ2v) is 5.47. The lowest BCUT2D eigenvalue weighted by molar-refractivity contribution is 0.148. The van der Waals surface area contributed by atoms with Crippen LogP contribution >= 0.6 is 23.6 Å². The maximum atomic E-state index is 12.4. The number of aromatic nitrogens is 2. The molecule has 1 atom stereocenters. The molecule has 4 nitrogen and oxygen atoms in total. The highest BCUT2D eigenvalue weighted by atomic mass is 32.1. The van der Waals surface area contributed by atoms with Gasteiger partial charge in [0.15, 0.2) is 4.77 Å². The summed E-state index contributed by atoms with van der Waals surface area (Å²) >= 11 is 6.79. The molecular weight excluding hydrogens is 268 g/mol. The van der Waals surface area contributed by atoms with E-state index in [1.165, 1.54) is 11.3 Å². The molecule has 1 N–H and O–H groups in total. The maximum absolute atomic E-state index is 12.4. The summed E-state index contributed by atoms with van der Waals surface area (Å²) in [6.45, 7) is 2.59. The van der Waals surface area contributed by atoms with Crippen molar-refractivity contribution in [2.45, 2.75) is 25.8 Å². The first kappa shape index (κ1) is 13.5. The molecule has 6 heteroatoms. The van der Waals surface area contributed by atoms with Gasteiger partial charge in [-0.05, 0) is 30.1 Å². The Labute approximate surface area is 114 Å². The zero-order valence-electron chi connectivity index (χ0n) is 10.4. The van der Waals surface area contributed by atoms with Crippen LogP contribution in [0.5, 0.6) is 0 Å². The van der Waals surface area contributed by atoms with Crippen LogP contribution in [0.2, 0.25) is 0 Å². The molecule has 2 rings (SSSR count). The van der Waals surface area contributed by atoms with Crippen molar-refractivity contribution < 1.29 is 4.74 Å². The SMILES string of the molecule is CCCC(COC)n1c(=S)[nH]c2sccc2c1=O. The van der Waals surface area contributed by atoms with E-state index in [4.69, 9.17) is 17.0 Å². The molecule has 0 aliphatic rings. The van der Waals surface area contributed by atoms with E-state index in [-0.39, 0.29) is 11.6 Å². The van der Waals surface area contributed by atoms with Gasteiger partial charge in [0, 0.05) is 7.11 Å². The molecule has 2 aromatic heterocycles. The third kappa shape index (κ3) is 2.41. The van der Waals surface area contributed by atoms with Crippen LogP contribution in [-0.4, -0.2) is 23.3 Å². The average Bonchev–Trinajstić information content (AvgIpc) is 2.77. The van der Waals surface area contributed by atoms with Crippen molar-refractivity contribution in [2.75, 3.05) is 13.7 Å². The molecular formula is C12H16N2O2S2. The zero-order valence-corrected chi connectivity index (χ0v) is 12.1. The molecule has 18 heavy (non-hydrogen) atoms. The first-order valence-corrected chi connectivity index (χ1v) is 7.18. The van der Waals surface area contributed by atoms with Crippen LogP contribution in [0.4, 0.5) is 0 Å². The van der Waals surface area contributed by atoms with Gasteiger partial charge in [-0.1, -0.05) is 13.3 Å². The third-order valence-corrected chi connectivity index (χ3v) is 4.03. The van der Waals surface area contributed by atoms with Crippen molar-refractivity contribution in [3.63, 3.8) is 0 Å². The molecule has 2 aromatic rings. The molecule has 0 bridgehead atoms. The largest absolute Gasteiger partial charge is 0.383 e. The van der Waals surface area contributed by atoms with Crippen molar-refractivity contribution in [3.05, 3.63) is 26.6 Å². The fourth-order valence-corrected chi connectivity index (χ4v) is 3.27. The minimum absolute atomic E-state index is 0.000509. The van der Waals surface area contributed by atoms with Gasteiger partial charge in [-0.25, -0.2) is 0 Å². The number of fused-ring (bicyclic) bond motifs is 1. The van der Waals surface area contributed by atoms with Gasteiger partial charge in [-0.3, -0.25) is 9.36 Å². The first-order chi connectivity index (χ1) is 8.69. The van der Waals surface area contributed by atoms with Crippen LogP contribution in [0.25, 0.3) is 10.2 Å². The van der Waals surface area contributed by atoms with Gasteiger partial charge in [0.2, 0.25) is 0 Å². The van der Waals surface area contributed by atoms with Gasteiger partial charge < -0.3 is 9.72 Å². The summed E-state index contributed by atoms with van der Waals surface area (Å²) in [6.07, 6.45) is 1.86. The van der Waals surface area contributed by atoms with E-state index >= 15 is 0 Å². The van der Waals surface area contributed by atoms with Gasteiger partial charge in [0.25, 0.3) is 5.56 Å². The summed E-state index contributed by atoms with van der Waals surface area (Å²) in [5.74, 6) is 0. The molecule has 0 aliphatic heterocycles. The second-order valence-electron chi connectivity index (χ2n) is 4.17. The molecule has 0 radical (unpaired) electrons. The second kappa shape index (κ2) is 5.77. The van der Waals surface area contributed by atoms with E-state index in [1.54, 1.807) is 11.7 Å². The van der Waals surface area contributed by atoms with Gasteiger partial charge in [-0.15, -0.1) is 11.3 Å². The number of nitrogens with zero attached hydrogens (tertiary/aromatic N) is 1. The Morgan fingerprint density at radius 3 is 3.06 bits per heavy atom. The number of rotatable bonds is 5. The standard InChI is InChI=1S/C12H16N2O2S2/c1-3-4-8(7-16-2)14-11(15)9-5-6-18-10(9)13-12(14)17/h5-6,8H,3-4,7H2,1-2H3,(H,13,17). The highest BCUT2D eigenvalue weighted by Gasteiger charge is 2.15. The van der Waals surface area contributed by atoms with Crippen molar-refractivity contribution in [1.29, 1.82) is 0 Å². The summed E-state index contributed by atoms with van der Waals surface area (Å²) in [7, 11) is 1.64. The van der Waals surface area contributed by atoms with Crippen LogP contribution < -0.4 is 5.56 Å². The van der Waals surface area contributed by atoms with Crippen LogP contribution in [0.3, 0.4) is 0 Å². The van der Waals surface area contributed by atoms with E-state index < -0.39 is 0 Å².